The van der Waals surface area contributed by atoms with Crippen molar-refractivity contribution in [3.05, 3.63) is 22.1 Å². The van der Waals surface area contributed by atoms with Gasteiger partial charge in [0.2, 0.25) is 0 Å². The third-order valence-electron chi connectivity index (χ3n) is 5.21. The molecule has 4 heterocycles. The quantitative estimate of drug-likeness (QED) is 0.591. The number of rotatable bonds is 5. The predicted octanol–water partition coefficient (Wildman–Crippen LogP) is 0.979. The van der Waals surface area contributed by atoms with Gasteiger partial charge in [0.1, 0.15) is 20.4 Å². The topological polar surface area (TPSA) is 124 Å². The fraction of sp³-hybridized carbons (Fsp3) is 0.500. The monoisotopic (exact) mass is 452 g/mol. The van der Waals surface area contributed by atoms with E-state index in [2.05, 4.69) is 20.0 Å². The van der Waals surface area contributed by atoms with Gasteiger partial charge in [-0.05, 0) is 13.5 Å². The van der Waals surface area contributed by atoms with Crippen LogP contribution in [0.5, 0.6) is 5.75 Å². The van der Waals surface area contributed by atoms with Gasteiger partial charge in [0.25, 0.3) is 15.6 Å². The molecule has 0 amide bonds. The lowest BCUT2D eigenvalue weighted by Crippen LogP contribution is -2.46. The molecule has 0 atom stereocenters. The van der Waals surface area contributed by atoms with Crippen LogP contribution in [0.4, 0.5) is 0 Å². The molecule has 2 N–H and O–H groups in total. The van der Waals surface area contributed by atoms with Crippen LogP contribution >= 0.6 is 11.3 Å². The third-order valence-corrected chi connectivity index (χ3v) is 8.69. The lowest BCUT2D eigenvalue weighted by molar-refractivity contribution is 0.222. The molecule has 0 bridgehead atoms. The van der Waals surface area contributed by atoms with Gasteiger partial charge < -0.3 is 15.0 Å². The summed E-state index contributed by atoms with van der Waals surface area (Å²) in [6.07, 6.45) is 1.50. The van der Waals surface area contributed by atoms with Gasteiger partial charge in [0, 0.05) is 39.3 Å². The maximum atomic E-state index is 13.0. The van der Waals surface area contributed by atoms with Gasteiger partial charge in [-0.2, -0.15) is 9.40 Å². The normalized spacial score (nSPS) is 16.5. The van der Waals surface area contributed by atoms with E-state index in [0.717, 1.165) is 17.8 Å². The van der Waals surface area contributed by atoms with Crippen molar-refractivity contribution in [1.29, 1.82) is 0 Å². The first kappa shape index (κ1) is 21.0. The number of H-pyrrole nitrogens is 1. The number of piperazine rings is 1. The molecule has 0 saturated carbocycles. The molecule has 0 unspecified atom stereocenters. The first-order valence-electron chi connectivity index (χ1n) is 9.70. The van der Waals surface area contributed by atoms with Crippen LogP contribution in [-0.2, 0) is 23.5 Å². The highest BCUT2D eigenvalue weighted by atomic mass is 32.2. The molecule has 3 aromatic heterocycles. The number of hydrogen-bond acceptors (Lipinski definition) is 8. The van der Waals surface area contributed by atoms with Gasteiger partial charge in [-0.15, -0.1) is 11.3 Å². The highest BCUT2D eigenvalue weighted by Gasteiger charge is 2.31. The Labute approximate surface area is 177 Å². The average Bonchev–Trinajstić information content (AvgIpc) is 3.23. The summed E-state index contributed by atoms with van der Waals surface area (Å²) in [5.74, 6) is -0.0867. The fourth-order valence-corrected chi connectivity index (χ4v) is 6.45. The number of fused-ring (bicyclic) bond motifs is 1. The van der Waals surface area contributed by atoms with Crippen LogP contribution in [0.15, 0.2) is 15.1 Å². The van der Waals surface area contributed by atoms with E-state index in [9.17, 15) is 18.3 Å². The summed E-state index contributed by atoms with van der Waals surface area (Å²) < 4.78 is 29.0. The largest absolute Gasteiger partial charge is 0.506 e. The van der Waals surface area contributed by atoms with Crippen LogP contribution < -0.4 is 5.56 Å². The maximum Gasteiger partial charge on any atom is 0.277 e. The smallest absolute Gasteiger partial charge is 0.277 e. The molecule has 0 radical (unpaired) electrons. The molecular weight excluding hydrogens is 428 g/mol. The Hall–Kier alpha value is -2.28. The van der Waals surface area contributed by atoms with E-state index in [-0.39, 0.29) is 26.2 Å². The van der Waals surface area contributed by atoms with Gasteiger partial charge in [0.15, 0.2) is 11.3 Å². The van der Waals surface area contributed by atoms with Crippen molar-refractivity contribution in [2.45, 2.75) is 24.0 Å². The second-order valence-electron chi connectivity index (χ2n) is 7.42. The van der Waals surface area contributed by atoms with E-state index in [0.29, 0.717) is 49.3 Å². The molecule has 3 aromatic rings. The van der Waals surface area contributed by atoms with Crippen molar-refractivity contribution in [1.82, 2.24) is 29.0 Å². The van der Waals surface area contributed by atoms with E-state index >= 15 is 0 Å². The van der Waals surface area contributed by atoms with Crippen molar-refractivity contribution in [2.24, 2.45) is 7.05 Å². The number of aromatic hydroxyl groups is 1. The van der Waals surface area contributed by atoms with Crippen LogP contribution in [0.2, 0.25) is 0 Å². The van der Waals surface area contributed by atoms with Gasteiger partial charge in [-0.3, -0.25) is 9.48 Å². The lowest BCUT2D eigenvalue weighted by atomic mass is 10.2. The van der Waals surface area contributed by atoms with Crippen molar-refractivity contribution in [3.8, 4) is 16.5 Å². The number of sulfonamides is 1. The number of nitrogens with one attached hydrogen (secondary N) is 1. The summed E-state index contributed by atoms with van der Waals surface area (Å²) >= 11 is 0.904. The van der Waals surface area contributed by atoms with Gasteiger partial charge >= 0.3 is 0 Å². The molecule has 0 aliphatic carbocycles. The summed E-state index contributed by atoms with van der Waals surface area (Å²) in [6.45, 7) is 4.09. The van der Waals surface area contributed by atoms with Crippen molar-refractivity contribution >= 4 is 32.4 Å². The molecular formula is C18H24N6O4S2. The zero-order valence-corrected chi connectivity index (χ0v) is 18.7. The Morgan fingerprint density at radius 3 is 2.60 bits per heavy atom. The second kappa shape index (κ2) is 7.76. The highest BCUT2D eigenvalue weighted by molar-refractivity contribution is 7.91. The summed E-state index contributed by atoms with van der Waals surface area (Å²) in [4.78, 5) is 22.1. The zero-order chi connectivity index (χ0) is 21.6. The van der Waals surface area contributed by atoms with Crippen LogP contribution in [0, 0.1) is 0 Å². The van der Waals surface area contributed by atoms with E-state index in [1.807, 2.05) is 14.0 Å². The first-order chi connectivity index (χ1) is 14.2. The molecule has 162 valence electrons. The van der Waals surface area contributed by atoms with Gasteiger partial charge in [0.05, 0.1) is 5.69 Å². The molecule has 0 spiro atoms. The molecule has 4 rings (SSSR count). The minimum absolute atomic E-state index is 0.0299. The number of aromatic amines is 1. The van der Waals surface area contributed by atoms with Crippen molar-refractivity contribution in [2.75, 3.05) is 33.2 Å². The molecule has 1 fully saturated rings. The molecule has 1 aliphatic heterocycles. The summed E-state index contributed by atoms with van der Waals surface area (Å²) in [7, 11) is -0.103. The summed E-state index contributed by atoms with van der Waals surface area (Å²) in [5, 5.41) is 14.8. The van der Waals surface area contributed by atoms with Crippen molar-refractivity contribution < 1.29 is 13.5 Å². The van der Waals surface area contributed by atoms with Crippen LogP contribution in [0.3, 0.4) is 0 Å². The molecule has 0 aromatic carbocycles. The standard InChI is InChI=1S/C18H24N6O4S2/c1-4-5-11-14-15(23(3)21-11)18(26)20-17(19-14)16-12(25)10-13(29-16)30(27,28)24-8-6-22(2)7-9-24/h10,25H,4-9H2,1-3H3,(H,19,20,26). The first-order valence-corrected chi connectivity index (χ1v) is 12.0. The summed E-state index contributed by atoms with van der Waals surface area (Å²) in [5.41, 5.74) is 1.13. The molecule has 1 saturated heterocycles. The van der Waals surface area contributed by atoms with E-state index < -0.39 is 10.0 Å². The highest BCUT2D eigenvalue weighted by Crippen LogP contribution is 2.39. The Kier molecular flexibility index (Phi) is 5.43. The molecule has 12 heteroatoms. The number of thiophene rings is 1. The fourth-order valence-electron chi connectivity index (χ4n) is 3.57. The number of aromatic nitrogens is 4. The van der Waals surface area contributed by atoms with E-state index in [4.69, 9.17) is 0 Å². The lowest BCUT2D eigenvalue weighted by Gasteiger charge is -2.31. The molecule has 30 heavy (non-hydrogen) atoms. The molecule has 1 aliphatic rings. The van der Waals surface area contributed by atoms with Gasteiger partial charge in [-0.1, -0.05) is 13.3 Å². The average molecular weight is 453 g/mol. The number of nitrogens with zero attached hydrogens (tertiary/aromatic N) is 5. The number of aryl methyl sites for hydroxylation is 2. The van der Waals surface area contributed by atoms with Crippen LogP contribution in [0.1, 0.15) is 19.0 Å². The number of hydrogen-bond donors (Lipinski definition) is 2. The van der Waals surface area contributed by atoms with Crippen LogP contribution in [0.25, 0.3) is 21.7 Å². The Morgan fingerprint density at radius 2 is 1.93 bits per heavy atom. The van der Waals surface area contributed by atoms with E-state index in [1.165, 1.54) is 15.1 Å². The predicted molar refractivity (Wildman–Crippen MR) is 114 cm³/mol. The van der Waals surface area contributed by atoms with Crippen LogP contribution in [-0.4, -0.2) is 75.7 Å². The van der Waals surface area contributed by atoms with E-state index in [1.54, 1.807) is 7.05 Å². The zero-order valence-electron chi connectivity index (χ0n) is 17.0. The Morgan fingerprint density at radius 1 is 1.23 bits per heavy atom. The number of likely N-dealkylation sites (N-methyl/N-ethyl adjacent to an activating group) is 1. The minimum atomic E-state index is -3.73. The Bertz CT molecular complexity index is 1250. The Balaban J connectivity index is 1.77. The third kappa shape index (κ3) is 3.53. The SMILES string of the molecule is CCCc1nn(C)c2c(=O)[nH]c(-c3sc(S(=O)(=O)N4CCN(C)CC4)cc3O)nc12. The van der Waals surface area contributed by atoms with Crippen molar-refractivity contribution in [3.63, 3.8) is 0 Å². The summed E-state index contributed by atoms with van der Waals surface area (Å²) in [6, 6.07) is 1.23. The molecule has 10 nitrogen and oxygen atoms in total. The minimum Gasteiger partial charge on any atom is -0.506 e. The second-order valence-corrected chi connectivity index (χ2v) is 10.6. The van der Waals surface area contributed by atoms with Gasteiger partial charge in [-0.25, -0.2) is 13.4 Å². The maximum absolute atomic E-state index is 13.0.